The van der Waals surface area contributed by atoms with Gasteiger partial charge in [-0.1, -0.05) is 152 Å². The van der Waals surface area contributed by atoms with E-state index in [0.717, 1.165) is 33.0 Å². The van der Waals surface area contributed by atoms with Crippen molar-refractivity contribution in [2.45, 2.75) is 56.9 Å². The van der Waals surface area contributed by atoms with E-state index in [0.29, 0.717) is 32.0 Å². The van der Waals surface area contributed by atoms with Gasteiger partial charge in [0.2, 0.25) is 0 Å². The van der Waals surface area contributed by atoms with Crippen molar-refractivity contribution in [1.82, 2.24) is 0 Å². The molecular weight excluding hydrogens is 624 g/mol. The van der Waals surface area contributed by atoms with Crippen LogP contribution in [0.5, 0.6) is 5.75 Å². The minimum Gasteiger partial charge on any atom is -0.508 e. The van der Waals surface area contributed by atoms with E-state index in [2.05, 4.69) is 0 Å². The molecule has 0 radical (unpaired) electrons. The Morgan fingerprint density at radius 1 is 0.460 bits per heavy atom. The van der Waals surface area contributed by atoms with Gasteiger partial charge in [-0.3, -0.25) is 0 Å². The predicted octanol–water partition coefficient (Wildman–Crippen LogP) is 8.96. The number of aromatic hydroxyl groups is 1. The van der Waals surface area contributed by atoms with Crippen molar-refractivity contribution in [3.63, 3.8) is 0 Å². The summed E-state index contributed by atoms with van der Waals surface area (Å²) in [6.45, 7) is 1.67. The molecule has 254 valence electrons. The van der Waals surface area contributed by atoms with E-state index in [1.807, 2.05) is 152 Å². The molecule has 6 heteroatoms. The number of benzene rings is 6. The largest absolute Gasteiger partial charge is 0.508 e. The van der Waals surface area contributed by atoms with Crippen molar-refractivity contribution < 1.29 is 28.8 Å². The lowest BCUT2D eigenvalue weighted by Crippen LogP contribution is -2.58. The van der Waals surface area contributed by atoms with Gasteiger partial charge < -0.3 is 28.8 Å². The fraction of sp³-hybridized carbons (Fsp3) is 0.227. The first-order chi connectivity index (χ1) is 24.7. The fourth-order valence-corrected chi connectivity index (χ4v) is 6.60. The molecule has 0 bridgehead atoms. The number of rotatable bonds is 14. The maximum absolute atomic E-state index is 11.5. The van der Waals surface area contributed by atoms with Crippen LogP contribution in [0.15, 0.2) is 158 Å². The first-order valence-corrected chi connectivity index (χ1v) is 17.2. The Bertz CT molecular complexity index is 1900. The molecule has 1 aliphatic rings. The topological polar surface area (TPSA) is 66.4 Å². The monoisotopic (exact) mass is 666 g/mol. The highest BCUT2D eigenvalue weighted by molar-refractivity contribution is 5.88. The summed E-state index contributed by atoms with van der Waals surface area (Å²) in [6.07, 6.45) is -3.06. The molecule has 1 N–H and O–H groups in total. The Morgan fingerprint density at radius 3 is 1.48 bits per heavy atom. The van der Waals surface area contributed by atoms with E-state index in [4.69, 9.17) is 23.7 Å². The second-order valence-corrected chi connectivity index (χ2v) is 12.6. The van der Waals surface area contributed by atoms with Gasteiger partial charge in [0.1, 0.15) is 36.3 Å². The molecule has 0 aliphatic carbocycles. The molecule has 1 heterocycles. The van der Waals surface area contributed by atoms with Crippen LogP contribution in [0, 0.1) is 0 Å². The summed E-state index contributed by atoms with van der Waals surface area (Å²) in [7, 11) is 0. The Morgan fingerprint density at radius 2 is 0.920 bits per heavy atom. The van der Waals surface area contributed by atoms with Crippen LogP contribution < -0.4 is 0 Å². The average Bonchev–Trinajstić information content (AvgIpc) is 3.17. The van der Waals surface area contributed by atoms with Gasteiger partial charge in [-0.05, 0) is 39.1 Å². The predicted molar refractivity (Wildman–Crippen MR) is 194 cm³/mol. The van der Waals surface area contributed by atoms with E-state index in [1.165, 1.54) is 0 Å². The smallest absolute Gasteiger partial charge is 0.122 e. The first-order valence-electron chi connectivity index (χ1n) is 17.2. The second-order valence-electron chi connectivity index (χ2n) is 12.6. The maximum Gasteiger partial charge on any atom is 0.122 e. The van der Waals surface area contributed by atoms with Crippen molar-refractivity contribution in [1.29, 1.82) is 0 Å². The van der Waals surface area contributed by atoms with Crippen LogP contribution in [-0.2, 0) is 50.1 Å². The third-order valence-electron chi connectivity index (χ3n) is 9.12. The van der Waals surface area contributed by atoms with Gasteiger partial charge in [0.25, 0.3) is 0 Å². The Balaban J connectivity index is 1.29. The third-order valence-corrected chi connectivity index (χ3v) is 9.12. The summed E-state index contributed by atoms with van der Waals surface area (Å²) in [5.41, 5.74) is 4.81. The molecule has 5 atom stereocenters. The van der Waals surface area contributed by atoms with Gasteiger partial charge in [-0.2, -0.15) is 0 Å². The highest BCUT2D eigenvalue weighted by Gasteiger charge is 2.50. The molecule has 0 saturated carbocycles. The third kappa shape index (κ3) is 8.30. The van der Waals surface area contributed by atoms with Crippen LogP contribution in [0.1, 0.15) is 33.9 Å². The summed E-state index contributed by atoms with van der Waals surface area (Å²) in [4.78, 5) is 0. The van der Waals surface area contributed by atoms with Gasteiger partial charge in [-0.15, -0.1) is 0 Å². The van der Waals surface area contributed by atoms with E-state index in [9.17, 15) is 5.11 Å². The molecule has 6 aromatic rings. The van der Waals surface area contributed by atoms with Crippen LogP contribution >= 0.6 is 0 Å². The molecule has 50 heavy (non-hydrogen) atoms. The second kappa shape index (κ2) is 16.7. The van der Waals surface area contributed by atoms with E-state index in [1.54, 1.807) is 6.07 Å². The highest BCUT2D eigenvalue weighted by atomic mass is 16.6. The summed E-state index contributed by atoms with van der Waals surface area (Å²) in [5, 5.41) is 13.4. The fourth-order valence-electron chi connectivity index (χ4n) is 6.60. The summed E-state index contributed by atoms with van der Waals surface area (Å²) >= 11 is 0. The lowest BCUT2D eigenvalue weighted by Gasteiger charge is -2.46. The van der Waals surface area contributed by atoms with Crippen molar-refractivity contribution in [2.75, 3.05) is 6.61 Å². The highest BCUT2D eigenvalue weighted by Crippen LogP contribution is 2.44. The van der Waals surface area contributed by atoms with Gasteiger partial charge >= 0.3 is 0 Å². The molecule has 1 saturated heterocycles. The number of phenolic OH excluding ortho intramolecular Hbond substituents is 1. The Kier molecular flexibility index (Phi) is 11.3. The molecule has 0 aromatic heterocycles. The zero-order chi connectivity index (χ0) is 34.0. The van der Waals surface area contributed by atoms with Gasteiger partial charge in [0.15, 0.2) is 0 Å². The van der Waals surface area contributed by atoms with E-state index in [-0.39, 0.29) is 12.4 Å². The lowest BCUT2D eigenvalue weighted by molar-refractivity contribution is -0.275. The molecule has 0 amide bonds. The molecule has 0 spiro atoms. The number of ether oxygens (including phenoxy) is 5. The molecule has 3 unspecified atom stereocenters. The van der Waals surface area contributed by atoms with Crippen molar-refractivity contribution in [3.05, 3.63) is 186 Å². The number of fused-ring (bicyclic) bond motifs is 1. The number of hydrogen-bond donors (Lipinski definition) is 1. The molecule has 6 nitrogen and oxygen atoms in total. The standard InChI is InChI=1S/C44H42O6/c45-38-26-25-36-23-13-14-24-37(36)40(38)42-44(49-30-35-21-11-4-12-22-35)43(48-29-34-19-9-3-10-20-34)41(47-28-33-17-7-2-8-18-33)39(50-42)31-46-27-32-15-5-1-6-16-32/h1-26,39,41-45H,27-31H2/t39?,41-,42+,43?,44?/m0/s1. The first kappa shape index (κ1) is 33.7. The summed E-state index contributed by atoms with van der Waals surface area (Å²) in [5.74, 6) is 0.136. The lowest BCUT2D eigenvalue weighted by atomic mass is 9.87. The normalized spacial score (nSPS) is 20.5. The Hall–Kier alpha value is -4.82. The molecule has 6 aromatic carbocycles. The number of hydrogen-bond acceptors (Lipinski definition) is 6. The summed E-state index contributed by atoms with van der Waals surface area (Å²) in [6, 6.07) is 52.0. The van der Waals surface area contributed by atoms with Crippen molar-refractivity contribution in [2.24, 2.45) is 0 Å². The molecule has 1 fully saturated rings. The SMILES string of the molecule is Oc1ccc2ccccc2c1[C@H]1OC(COCc2ccccc2)[C@H](OCc2ccccc2)C(OCc2ccccc2)C1OCc1ccccc1. The number of phenols is 1. The Labute approximate surface area is 293 Å². The van der Waals surface area contributed by atoms with Gasteiger partial charge in [-0.25, -0.2) is 0 Å². The zero-order valence-electron chi connectivity index (χ0n) is 27.9. The van der Waals surface area contributed by atoms with E-state index < -0.39 is 30.5 Å². The van der Waals surface area contributed by atoms with E-state index >= 15 is 0 Å². The molecular formula is C44H42O6. The van der Waals surface area contributed by atoms with Crippen molar-refractivity contribution in [3.8, 4) is 5.75 Å². The van der Waals surface area contributed by atoms with Crippen LogP contribution in [-0.4, -0.2) is 36.1 Å². The zero-order valence-corrected chi connectivity index (χ0v) is 27.9. The van der Waals surface area contributed by atoms with Gasteiger partial charge in [0.05, 0.1) is 33.0 Å². The minimum atomic E-state index is -0.701. The maximum atomic E-state index is 11.5. The van der Waals surface area contributed by atoms with Crippen LogP contribution in [0.3, 0.4) is 0 Å². The quantitative estimate of drug-likeness (QED) is 0.125. The summed E-state index contributed by atoms with van der Waals surface area (Å²) < 4.78 is 34.0. The molecule has 7 rings (SSSR count). The van der Waals surface area contributed by atoms with Gasteiger partial charge in [0, 0.05) is 5.56 Å². The van der Waals surface area contributed by atoms with Crippen LogP contribution in [0.4, 0.5) is 0 Å². The minimum absolute atomic E-state index is 0.136. The van der Waals surface area contributed by atoms with Crippen LogP contribution in [0.25, 0.3) is 10.8 Å². The van der Waals surface area contributed by atoms with Crippen molar-refractivity contribution >= 4 is 10.8 Å². The average molecular weight is 667 g/mol. The van der Waals surface area contributed by atoms with Crippen LogP contribution in [0.2, 0.25) is 0 Å². The molecule has 1 aliphatic heterocycles.